The number of hydrogen-bond donors (Lipinski definition) is 2. The van der Waals surface area contributed by atoms with Gasteiger partial charge in [-0.25, -0.2) is 0 Å². The third-order valence-corrected chi connectivity index (χ3v) is 4.71. The first kappa shape index (κ1) is 16.1. The quantitative estimate of drug-likeness (QED) is 0.876. The van der Waals surface area contributed by atoms with Crippen molar-refractivity contribution < 1.29 is 19.0 Å². The number of hydrogen-bond acceptors (Lipinski definition) is 5. The zero-order valence-electron chi connectivity index (χ0n) is 13.7. The monoisotopic (exact) mass is 320 g/mol. The van der Waals surface area contributed by atoms with Gasteiger partial charge in [-0.05, 0) is 50.6 Å². The minimum Gasteiger partial charge on any atom is -0.497 e. The highest BCUT2D eigenvalue weighted by molar-refractivity contribution is 5.97. The maximum Gasteiger partial charge on any atom is 0.255 e. The lowest BCUT2D eigenvalue weighted by molar-refractivity contribution is -0.0194. The van der Waals surface area contributed by atoms with Crippen LogP contribution in [0.25, 0.3) is 0 Å². The van der Waals surface area contributed by atoms with E-state index in [-0.39, 0.29) is 17.6 Å². The molecule has 2 saturated heterocycles. The number of carbonyl (C=O) groups excluding carboxylic acids is 1. The summed E-state index contributed by atoms with van der Waals surface area (Å²) in [5, 5.41) is 6.42. The van der Waals surface area contributed by atoms with Gasteiger partial charge in [0.25, 0.3) is 5.91 Å². The Morgan fingerprint density at radius 3 is 2.78 bits per heavy atom. The zero-order valence-corrected chi connectivity index (χ0v) is 13.7. The summed E-state index contributed by atoms with van der Waals surface area (Å²) >= 11 is 0. The van der Waals surface area contributed by atoms with E-state index in [1.54, 1.807) is 32.4 Å². The summed E-state index contributed by atoms with van der Waals surface area (Å²) in [6.45, 7) is 2.52. The van der Waals surface area contributed by atoms with Gasteiger partial charge in [0.2, 0.25) is 0 Å². The Morgan fingerprint density at radius 1 is 1.30 bits per heavy atom. The highest BCUT2D eigenvalue weighted by Gasteiger charge is 2.41. The van der Waals surface area contributed by atoms with E-state index in [9.17, 15) is 4.79 Å². The van der Waals surface area contributed by atoms with Crippen LogP contribution in [0.4, 0.5) is 0 Å². The van der Waals surface area contributed by atoms with Crippen LogP contribution in [-0.2, 0) is 4.74 Å². The molecule has 1 unspecified atom stereocenters. The number of methoxy groups -OCH3 is 2. The van der Waals surface area contributed by atoms with Crippen molar-refractivity contribution >= 4 is 5.91 Å². The highest BCUT2D eigenvalue weighted by atomic mass is 16.5. The van der Waals surface area contributed by atoms with Gasteiger partial charge in [0.05, 0.1) is 38.0 Å². The van der Waals surface area contributed by atoms with Crippen LogP contribution in [-0.4, -0.2) is 51.5 Å². The van der Waals surface area contributed by atoms with Gasteiger partial charge >= 0.3 is 0 Å². The molecule has 0 bridgehead atoms. The SMILES string of the molecule is COc1ccc(OC)c(C(=O)NC2COC3(CCNCC3)C2)c1. The minimum absolute atomic E-state index is 0.0384. The lowest BCUT2D eigenvalue weighted by Crippen LogP contribution is -2.43. The second-order valence-electron chi connectivity index (χ2n) is 6.18. The molecule has 1 amide bonds. The largest absolute Gasteiger partial charge is 0.497 e. The molecule has 0 saturated carbocycles. The lowest BCUT2D eigenvalue weighted by Gasteiger charge is -2.32. The van der Waals surface area contributed by atoms with Crippen LogP contribution in [0.5, 0.6) is 11.5 Å². The van der Waals surface area contributed by atoms with Crippen molar-refractivity contribution in [1.82, 2.24) is 10.6 Å². The van der Waals surface area contributed by atoms with Crippen molar-refractivity contribution in [1.29, 1.82) is 0 Å². The fourth-order valence-corrected chi connectivity index (χ4v) is 3.42. The van der Waals surface area contributed by atoms with Crippen LogP contribution in [0, 0.1) is 0 Å². The Balaban J connectivity index is 1.68. The predicted molar refractivity (Wildman–Crippen MR) is 86.2 cm³/mol. The fourth-order valence-electron chi connectivity index (χ4n) is 3.42. The average Bonchev–Trinajstić information content (AvgIpc) is 2.96. The third kappa shape index (κ3) is 3.43. The molecular weight excluding hydrogens is 296 g/mol. The van der Waals surface area contributed by atoms with Gasteiger partial charge < -0.3 is 24.8 Å². The molecule has 23 heavy (non-hydrogen) atoms. The molecule has 0 aliphatic carbocycles. The van der Waals surface area contributed by atoms with E-state index in [1.165, 1.54) is 0 Å². The average molecular weight is 320 g/mol. The van der Waals surface area contributed by atoms with E-state index < -0.39 is 0 Å². The Hall–Kier alpha value is -1.79. The molecule has 1 aromatic carbocycles. The molecule has 1 atom stereocenters. The summed E-state index contributed by atoms with van der Waals surface area (Å²) in [6.07, 6.45) is 2.87. The van der Waals surface area contributed by atoms with E-state index in [2.05, 4.69) is 10.6 Å². The van der Waals surface area contributed by atoms with Gasteiger partial charge in [-0.15, -0.1) is 0 Å². The molecule has 1 spiro atoms. The normalized spacial score (nSPS) is 22.8. The van der Waals surface area contributed by atoms with Crippen molar-refractivity contribution in [2.75, 3.05) is 33.9 Å². The van der Waals surface area contributed by atoms with Crippen LogP contribution < -0.4 is 20.1 Å². The van der Waals surface area contributed by atoms with Gasteiger partial charge in [-0.2, -0.15) is 0 Å². The summed E-state index contributed by atoms with van der Waals surface area (Å²) in [6, 6.07) is 5.26. The van der Waals surface area contributed by atoms with Crippen LogP contribution in [0.3, 0.4) is 0 Å². The summed E-state index contributed by atoms with van der Waals surface area (Å²) in [4.78, 5) is 12.6. The molecule has 3 rings (SSSR count). The van der Waals surface area contributed by atoms with Gasteiger partial charge in [-0.1, -0.05) is 0 Å². The molecule has 2 fully saturated rings. The van der Waals surface area contributed by atoms with E-state index in [0.29, 0.717) is 23.7 Å². The van der Waals surface area contributed by atoms with Crippen molar-refractivity contribution in [2.24, 2.45) is 0 Å². The summed E-state index contributed by atoms with van der Waals surface area (Å²) in [5.41, 5.74) is 0.417. The number of ether oxygens (including phenoxy) is 3. The van der Waals surface area contributed by atoms with Crippen LogP contribution in [0.15, 0.2) is 18.2 Å². The first-order valence-corrected chi connectivity index (χ1v) is 8.03. The molecule has 6 nitrogen and oxygen atoms in total. The molecule has 2 aliphatic heterocycles. The Morgan fingerprint density at radius 2 is 2.09 bits per heavy atom. The summed E-state index contributed by atoms with van der Waals surface area (Å²) in [5.74, 6) is 1.02. The Kier molecular flexibility index (Phi) is 4.73. The second-order valence-corrected chi connectivity index (χ2v) is 6.18. The number of piperidine rings is 1. The van der Waals surface area contributed by atoms with Gasteiger partial charge in [0.1, 0.15) is 11.5 Å². The predicted octanol–water partition coefficient (Wildman–Crippen LogP) is 1.34. The standard InChI is InChI=1S/C17H24N2O4/c1-21-13-3-4-15(22-2)14(9-13)16(20)19-12-10-17(23-11-12)5-7-18-8-6-17/h3-4,9,12,18H,5-8,10-11H2,1-2H3,(H,19,20). The molecule has 0 radical (unpaired) electrons. The zero-order chi connectivity index (χ0) is 16.3. The van der Waals surface area contributed by atoms with Crippen molar-refractivity contribution in [2.45, 2.75) is 30.9 Å². The first-order valence-electron chi connectivity index (χ1n) is 8.03. The molecule has 2 heterocycles. The Bertz CT molecular complexity index is 570. The molecule has 1 aromatic rings. The van der Waals surface area contributed by atoms with E-state index in [4.69, 9.17) is 14.2 Å². The molecular formula is C17H24N2O4. The van der Waals surface area contributed by atoms with Crippen molar-refractivity contribution in [3.05, 3.63) is 23.8 Å². The number of nitrogens with one attached hydrogen (secondary N) is 2. The topological polar surface area (TPSA) is 68.8 Å². The molecule has 0 aromatic heterocycles. The van der Waals surface area contributed by atoms with E-state index in [0.717, 1.165) is 32.4 Å². The fraction of sp³-hybridized carbons (Fsp3) is 0.588. The van der Waals surface area contributed by atoms with Crippen LogP contribution in [0.2, 0.25) is 0 Å². The van der Waals surface area contributed by atoms with Gasteiger partial charge in [0.15, 0.2) is 0 Å². The van der Waals surface area contributed by atoms with Gasteiger partial charge in [-0.3, -0.25) is 4.79 Å². The van der Waals surface area contributed by atoms with Gasteiger partial charge in [0, 0.05) is 0 Å². The maximum atomic E-state index is 12.6. The minimum atomic E-state index is -0.152. The van der Waals surface area contributed by atoms with Crippen molar-refractivity contribution in [3.63, 3.8) is 0 Å². The van der Waals surface area contributed by atoms with Crippen molar-refractivity contribution in [3.8, 4) is 11.5 Å². The maximum absolute atomic E-state index is 12.6. The van der Waals surface area contributed by atoms with E-state index in [1.807, 2.05) is 0 Å². The molecule has 6 heteroatoms. The summed E-state index contributed by atoms with van der Waals surface area (Å²) in [7, 11) is 3.14. The number of benzene rings is 1. The smallest absolute Gasteiger partial charge is 0.255 e. The number of carbonyl (C=O) groups is 1. The molecule has 126 valence electrons. The third-order valence-electron chi connectivity index (χ3n) is 4.71. The summed E-state index contributed by atoms with van der Waals surface area (Å²) < 4.78 is 16.5. The second kappa shape index (κ2) is 6.76. The number of amides is 1. The first-order chi connectivity index (χ1) is 11.2. The van der Waals surface area contributed by atoms with Crippen LogP contribution in [0.1, 0.15) is 29.6 Å². The highest BCUT2D eigenvalue weighted by Crippen LogP contribution is 2.34. The van der Waals surface area contributed by atoms with Crippen LogP contribution >= 0.6 is 0 Å². The Labute approximate surface area is 136 Å². The van der Waals surface area contributed by atoms with E-state index >= 15 is 0 Å². The molecule has 2 aliphatic rings. The lowest BCUT2D eigenvalue weighted by atomic mass is 9.88. The molecule has 2 N–H and O–H groups in total. The number of rotatable bonds is 4.